The van der Waals surface area contributed by atoms with Gasteiger partial charge in [-0.1, -0.05) is 0 Å². The second-order valence-electron chi connectivity index (χ2n) is 4.75. The molecule has 98 valence electrons. The van der Waals surface area contributed by atoms with Crippen LogP contribution < -0.4 is 5.32 Å². The molecule has 1 amide bonds. The van der Waals surface area contributed by atoms with Gasteiger partial charge >= 0.3 is 0 Å². The Labute approximate surface area is 106 Å². The third kappa shape index (κ3) is 3.29. The predicted octanol–water partition coefficient (Wildman–Crippen LogP) is 2.29. The highest BCUT2D eigenvalue weighted by molar-refractivity contribution is 5.95. The molecule has 0 radical (unpaired) electrons. The van der Waals surface area contributed by atoms with E-state index in [0.717, 1.165) is 19.4 Å². The van der Waals surface area contributed by atoms with Crippen molar-refractivity contribution in [2.75, 3.05) is 19.8 Å². The summed E-state index contributed by atoms with van der Waals surface area (Å²) in [5.74, 6) is -0.0636. The lowest BCUT2D eigenvalue weighted by atomic mass is 10.0. The van der Waals surface area contributed by atoms with Gasteiger partial charge in [0.2, 0.25) is 0 Å². The largest absolute Gasteiger partial charge is 0.381 e. The van der Waals surface area contributed by atoms with Crippen LogP contribution in [0.15, 0.2) is 18.2 Å². The van der Waals surface area contributed by atoms with Crippen LogP contribution in [0, 0.1) is 18.7 Å². The molecule has 1 unspecified atom stereocenters. The molecule has 1 aromatic carbocycles. The molecule has 1 saturated heterocycles. The molecule has 1 fully saturated rings. The molecule has 18 heavy (non-hydrogen) atoms. The summed E-state index contributed by atoms with van der Waals surface area (Å²) in [4.78, 5) is 11.9. The van der Waals surface area contributed by atoms with Crippen LogP contribution in [0.4, 0.5) is 4.39 Å². The molecule has 2 rings (SSSR count). The van der Waals surface area contributed by atoms with Crippen LogP contribution in [-0.2, 0) is 4.74 Å². The maximum Gasteiger partial charge on any atom is 0.251 e. The van der Waals surface area contributed by atoms with Crippen LogP contribution in [-0.4, -0.2) is 25.7 Å². The quantitative estimate of drug-likeness (QED) is 0.895. The van der Waals surface area contributed by atoms with E-state index >= 15 is 0 Å². The maximum atomic E-state index is 12.9. The van der Waals surface area contributed by atoms with E-state index in [0.29, 0.717) is 30.2 Å². The molecule has 1 N–H and O–H groups in total. The van der Waals surface area contributed by atoms with Crippen molar-refractivity contribution in [2.45, 2.75) is 19.8 Å². The molecule has 0 aliphatic carbocycles. The minimum Gasteiger partial charge on any atom is -0.381 e. The lowest BCUT2D eigenvalue weighted by molar-refractivity contribution is 0.0536. The number of hydrogen-bond acceptors (Lipinski definition) is 2. The van der Waals surface area contributed by atoms with Gasteiger partial charge in [0, 0.05) is 18.7 Å². The number of nitrogens with one attached hydrogen (secondary N) is 1. The monoisotopic (exact) mass is 251 g/mol. The summed E-state index contributed by atoms with van der Waals surface area (Å²) in [6.45, 7) is 3.89. The van der Waals surface area contributed by atoms with Gasteiger partial charge in [0.25, 0.3) is 5.91 Å². The van der Waals surface area contributed by atoms with E-state index < -0.39 is 0 Å². The fraction of sp³-hybridized carbons (Fsp3) is 0.500. The highest BCUT2D eigenvalue weighted by atomic mass is 19.1. The molecule has 0 spiro atoms. The maximum absolute atomic E-state index is 12.9. The minimum absolute atomic E-state index is 0.141. The molecule has 4 heteroatoms. The third-order valence-electron chi connectivity index (χ3n) is 3.24. The first-order valence-electron chi connectivity index (χ1n) is 6.29. The Morgan fingerprint density at radius 2 is 2.39 bits per heavy atom. The minimum atomic E-state index is -0.315. The number of hydrogen-bond donors (Lipinski definition) is 1. The number of ether oxygens (including phenoxy) is 1. The molecule has 1 atom stereocenters. The summed E-state index contributed by atoms with van der Waals surface area (Å²) < 4.78 is 18.3. The van der Waals surface area contributed by atoms with Crippen LogP contribution in [0.1, 0.15) is 28.8 Å². The molecular weight excluding hydrogens is 233 g/mol. The van der Waals surface area contributed by atoms with Gasteiger partial charge in [-0.3, -0.25) is 4.79 Å². The van der Waals surface area contributed by atoms with Gasteiger partial charge in [-0.2, -0.15) is 0 Å². The molecule has 1 heterocycles. The Morgan fingerprint density at radius 3 is 3.06 bits per heavy atom. The molecule has 1 aliphatic heterocycles. The SMILES string of the molecule is Cc1cc(F)ccc1C(=O)NCC1CCCOC1. The lowest BCUT2D eigenvalue weighted by Crippen LogP contribution is -2.33. The summed E-state index contributed by atoms with van der Waals surface area (Å²) in [6, 6.07) is 4.21. The van der Waals surface area contributed by atoms with Crippen molar-refractivity contribution in [1.82, 2.24) is 5.32 Å². The van der Waals surface area contributed by atoms with Crippen LogP contribution in [0.2, 0.25) is 0 Å². The van der Waals surface area contributed by atoms with E-state index in [1.54, 1.807) is 6.92 Å². The summed E-state index contributed by atoms with van der Waals surface area (Å²) in [6.07, 6.45) is 2.14. The molecule has 1 aromatic rings. The molecule has 3 nitrogen and oxygen atoms in total. The highest BCUT2D eigenvalue weighted by Crippen LogP contribution is 2.13. The smallest absolute Gasteiger partial charge is 0.251 e. The second kappa shape index (κ2) is 5.96. The Balaban J connectivity index is 1.90. The van der Waals surface area contributed by atoms with Crippen LogP contribution >= 0.6 is 0 Å². The first-order valence-corrected chi connectivity index (χ1v) is 6.29. The molecular formula is C14H18FNO2. The second-order valence-corrected chi connectivity index (χ2v) is 4.75. The van der Waals surface area contributed by atoms with Crippen molar-refractivity contribution in [3.8, 4) is 0 Å². The zero-order valence-electron chi connectivity index (χ0n) is 10.5. The van der Waals surface area contributed by atoms with Crippen molar-refractivity contribution >= 4 is 5.91 Å². The molecule has 1 aliphatic rings. The van der Waals surface area contributed by atoms with Gasteiger partial charge in [-0.15, -0.1) is 0 Å². The number of aryl methyl sites for hydroxylation is 1. The van der Waals surface area contributed by atoms with Gasteiger partial charge in [0.05, 0.1) is 6.61 Å². The zero-order chi connectivity index (χ0) is 13.0. The standard InChI is InChI=1S/C14H18FNO2/c1-10-7-12(15)4-5-13(10)14(17)16-8-11-3-2-6-18-9-11/h4-5,7,11H,2-3,6,8-9H2,1H3,(H,16,17). The van der Waals surface area contributed by atoms with E-state index in [-0.39, 0.29) is 11.7 Å². The van der Waals surface area contributed by atoms with E-state index in [1.807, 2.05) is 0 Å². The van der Waals surface area contributed by atoms with E-state index in [2.05, 4.69) is 5.32 Å². The van der Waals surface area contributed by atoms with Crippen molar-refractivity contribution in [2.24, 2.45) is 5.92 Å². The Morgan fingerprint density at radius 1 is 1.56 bits per heavy atom. The molecule has 0 saturated carbocycles. The number of carbonyl (C=O) groups excluding carboxylic acids is 1. The number of carbonyl (C=O) groups is 1. The number of rotatable bonds is 3. The Bertz CT molecular complexity index is 428. The van der Waals surface area contributed by atoms with Crippen molar-refractivity contribution in [1.29, 1.82) is 0 Å². The lowest BCUT2D eigenvalue weighted by Gasteiger charge is -2.22. The topological polar surface area (TPSA) is 38.3 Å². The van der Waals surface area contributed by atoms with Gasteiger partial charge < -0.3 is 10.1 Å². The zero-order valence-corrected chi connectivity index (χ0v) is 10.5. The van der Waals surface area contributed by atoms with Crippen LogP contribution in [0.25, 0.3) is 0 Å². The third-order valence-corrected chi connectivity index (χ3v) is 3.24. The van der Waals surface area contributed by atoms with Gasteiger partial charge in [-0.05, 0) is 49.4 Å². The van der Waals surface area contributed by atoms with Crippen LogP contribution in [0.5, 0.6) is 0 Å². The van der Waals surface area contributed by atoms with Gasteiger partial charge in [0.1, 0.15) is 5.82 Å². The Hall–Kier alpha value is -1.42. The highest BCUT2D eigenvalue weighted by Gasteiger charge is 2.16. The summed E-state index contributed by atoms with van der Waals surface area (Å²) in [5.41, 5.74) is 1.19. The van der Waals surface area contributed by atoms with E-state index in [9.17, 15) is 9.18 Å². The van der Waals surface area contributed by atoms with Gasteiger partial charge in [0.15, 0.2) is 0 Å². The Kier molecular flexibility index (Phi) is 4.31. The summed E-state index contributed by atoms with van der Waals surface area (Å²) in [7, 11) is 0. The fourth-order valence-electron chi connectivity index (χ4n) is 2.18. The average molecular weight is 251 g/mol. The average Bonchev–Trinajstić information content (AvgIpc) is 2.37. The fourth-order valence-corrected chi connectivity index (χ4v) is 2.18. The summed E-state index contributed by atoms with van der Waals surface area (Å²) >= 11 is 0. The summed E-state index contributed by atoms with van der Waals surface area (Å²) in [5, 5.41) is 2.89. The predicted molar refractivity (Wildman–Crippen MR) is 67.0 cm³/mol. The van der Waals surface area contributed by atoms with Gasteiger partial charge in [-0.25, -0.2) is 4.39 Å². The first kappa shape index (κ1) is 13.0. The van der Waals surface area contributed by atoms with Crippen LogP contribution in [0.3, 0.4) is 0 Å². The number of halogens is 1. The normalized spacial score (nSPS) is 19.6. The molecule has 0 aromatic heterocycles. The van der Waals surface area contributed by atoms with E-state index in [4.69, 9.17) is 4.74 Å². The molecule has 0 bridgehead atoms. The number of amides is 1. The van der Waals surface area contributed by atoms with E-state index in [1.165, 1.54) is 18.2 Å². The van der Waals surface area contributed by atoms with Crippen molar-refractivity contribution in [3.05, 3.63) is 35.1 Å². The number of benzene rings is 1. The first-order chi connectivity index (χ1) is 8.66. The van der Waals surface area contributed by atoms with Crippen molar-refractivity contribution in [3.63, 3.8) is 0 Å². The van der Waals surface area contributed by atoms with Crippen molar-refractivity contribution < 1.29 is 13.9 Å².